The topological polar surface area (TPSA) is 75.2 Å². The summed E-state index contributed by atoms with van der Waals surface area (Å²) in [4.78, 5) is 17.9. The third-order valence-corrected chi connectivity index (χ3v) is 8.29. The zero-order valence-corrected chi connectivity index (χ0v) is 28.2. The average Bonchev–Trinajstić information content (AvgIpc) is 3.68. The van der Waals surface area contributed by atoms with Crippen LogP contribution in [0.3, 0.4) is 0 Å². The molecule has 8 nitrogen and oxygen atoms in total. The van der Waals surface area contributed by atoms with Gasteiger partial charge in [-0.25, -0.2) is 4.98 Å². The molecular weight excluding hydrogens is 586 g/mol. The fraction of sp³-hybridized carbons (Fsp3) is 0.333. The number of H-pyrrole nitrogens is 1. The second-order valence-corrected chi connectivity index (χ2v) is 12.7. The largest absolute Gasteiger partial charge is 0.493 e. The predicted molar refractivity (Wildman–Crippen MR) is 191 cm³/mol. The lowest BCUT2D eigenvalue weighted by Gasteiger charge is -2.15. The van der Waals surface area contributed by atoms with E-state index in [0.717, 1.165) is 100 Å². The molecule has 1 aromatic heterocycles. The molecule has 0 amide bonds. The molecule has 6 rings (SSSR count). The zero-order valence-electron chi connectivity index (χ0n) is 28.2. The molecule has 0 radical (unpaired) electrons. The molecule has 1 aliphatic heterocycles. The monoisotopic (exact) mass is 631 g/mol. The van der Waals surface area contributed by atoms with Crippen molar-refractivity contribution in [3.8, 4) is 28.6 Å². The summed E-state index contributed by atoms with van der Waals surface area (Å²) in [6.07, 6.45) is 2.71. The molecule has 1 aliphatic rings. The van der Waals surface area contributed by atoms with Crippen molar-refractivity contribution in [3.05, 3.63) is 101 Å². The molecule has 0 saturated carbocycles. The van der Waals surface area contributed by atoms with Crippen molar-refractivity contribution < 1.29 is 14.2 Å². The number of hydrogen-bond donors (Lipinski definition) is 1. The number of nitrogens with one attached hydrogen (secondary N) is 1. The quantitative estimate of drug-likeness (QED) is 0.121. The molecular formula is C39H45N5O3. The Bertz CT molecular complexity index is 1850. The second-order valence-electron chi connectivity index (χ2n) is 12.7. The number of benzene rings is 4. The molecule has 47 heavy (non-hydrogen) atoms. The van der Waals surface area contributed by atoms with Gasteiger partial charge < -0.3 is 29.0 Å². The Hall–Kier alpha value is -4.66. The van der Waals surface area contributed by atoms with Gasteiger partial charge in [0.15, 0.2) is 0 Å². The Morgan fingerprint density at radius 3 is 2.17 bits per heavy atom. The number of ether oxygens (including phenoxy) is 3. The zero-order chi connectivity index (χ0) is 32.8. The van der Waals surface area contributed by atoms with E-state index in [1.807, 2.05) is 36.4 Å². The van der Waals surface area contributed by atoms with E-state index in [9.17, 15) is 0 Å². The van der Waals surface area contributed by atoms with Crippen molar-refractivity contribution >= 4 is 22.4 Å². The summed E-state index contributed by atoms with van der Waals surface area (Å²) < 4.78 is 18.6. The molecule has 0 unspecified atom stereocenters. The summed E-state index contributed by atoms with van der Waals surface area (Å²) in [5.41, 5.74) is 9.21. The van der Waals surface area contributed by atoms with Gasteiger partial charge in [0.1, 0.15) is 29.7 Å². The molecule has 244 valence electrons. The minimum absolute atomic E-state index is 0.447. The fourth-order valence-corrected chi connectivity index (χ4v) is 5.79. The Labute approximate surface area is 278 Å². The van der Waals surface area contributed by atoms with Crippen LogP contribution in [0.25, 0.3) is 22.4 Å². The maximum Gasteiger partial charge on any atom is 0.142 e. The van der Waals surface area contributed by atoms with E-state index in [1.165, 1.54) is 5.56 Å². The number of aromatic amines is 1. The van der Waals surface area contributed by atoms with Gasteiger partial charge in [-0.05, 0) is 95.0 Å². The average molecular weight is 632 g/mol. The number of nitrogens with zero attached hydrogens (tertiary/aromatic N) is 4. The van der Waals surface area contributed by atoms with E-state index in [0.29, 0.717) is 19.8 Å². The first kappa shape index (κ1) is 32.3. The standard InChI is InChI=1S/C39H45N5O3/c1-27-21-33(39-41-34-16-15-31(24-37(34)42-39)46-20-10-18-44(4)5)38(47-26-28-11-7-6-8-12-28)25-32(27)36-22-29-13-14-30(23-35(29)40-36)45-19-9-17-43(2)3/h6-8,11-16,21,23-25H,9-10,17-20,22,26H2,1-5H3,(H,41,42). The molecule has 8 heteroatoms. The van der Waals surface area contributed by atoms with Gasteiger partial charge in [-0.2, -0.15) is 0 Å². The van der Waals surface area contributed by atoms with Gasteiger partial charge in [0.2, 0.25) is 0 Å². The molecule has 0 aliphatic carbocycles. The molecule has 0 atom stereocenters. The number of hydrogen-bond acceptors (Lipinski definition) is 7. The maximum atomic E-state index is 6.54. The van der Waals surface area contributed by atoms with E-state index >= 15 is 0 Å². The molecule has 2 heterocycles. The first-order valence-electron chi connectivity index (χ1n) is 16.4. The lowest BCUT2D eigenvalue weighted by atomic mass is 9.97. The minimum atomic E-state index is 0.447. The third kappa shape index (κ3) is 8.20. The van der Waals surface area contributed by atoms with Gasteiger partial charge in [0.05, 0.1) is 41.2 Å². The molecule has 5 aromatic rings. The van der Waals surface area contributed by atoms with Crippen molar-refractivity contribution in [2.45, 2.75) is 32.8 Å². The first-order chi connectivity index (χ1) is 22.8. The molecule has 1 N–H and O–H groups in total. The smallest absolute Gasteiger partial charge is 0.142 e. The van der Waals surface area contributed by atoms with Crippen LogP contribution >= 0.6 is 0 Å². The first-order valence-corrected chi connectivity index (χ1v) is 16.4. The van der Waals surface area contributed by atoms with Crippen molar-refractivity contribution in [2.75, 3.05) is 54.5 Å². The van der Waals surface area contributed by atoms with Gasteiger partial charge in [0, 0.05) is 37.2 Å². The summed E-state index contributed by atoms with van der Waals surface area (Å²) in [7, 11) is 8.31. The van der Waals surface area contributed by atoms with Crippen LogP contribution in [0.15, 0.2) is 83.9 Å². The molecule has 0 bridgehead atoms. The fourth-order valence-electron chi connectivity index (χ4n) is 5.79. The highest BCUT2D eigenvalue weighted by atomic mass is 16.5. The highest BCUT2D eigenvalue weighted by molar-refractivity contribution is 6.08. The molecule has 4 aromatic carbocycles. The van der Waals surface area contributed by atoms with Crippen molar-refractivity contribution in [2.24, 2.45) is 4.99 Å². The summed E-state index contributed by atoms with van der Waals surface area (Å²) >= 11 is 0. The van der Waals surface area contributed by atoms with Gasteiger partial charge in [0.25, 0.3) is 0 Å². The van der Waals surface area contributed by atoms with Crippen LogP contribution in [-0.2, 0) is 13.0 Å². The summed E-state index contributed by atoms with van der Waals surface area (Å²) in [6.45, 7) is 5.92. The van der Waals surface area contributed by atoms with Crippen molar-refractivity contribution in [1.82, 2.24) is 19.8 Å². The van der Waals surface area contributed by atoms with Crippen LogP contribution < -0.4 is 14.2 Å². The minimum Gasteiger partial charge on any atom is -0.493 e. The third-order valence-electron chi connectivity index (χ3n) is 8.29. The number of aliphatic imine (C=N–C) groups is 1. The SMILES string of the molecule is Cc1cc(-c2nc3ccc(OCCCN(C)C)cc3[nH]2)c(OCc2ccccc2)cc1C1=Nc2cc(OCCCN(C)C)ccc2C1. The second kappa shape index (κ2) is 14.8. The van der Waals surface area contributed by atoms with E-state index in [-0.39, 0.29) is 0 Å². The Morgan fingerprint density at radius 2 is 1.45 bits per heavy atom. The highest BCUT2D eigenvalue weighted by Crippen LogP contribution is 2.38. The predicted octanol–water partition coefficient (Wildman–Crippen LogP) is 7.46. The van der Waals surface area contributed by atoms with Gasteiger partial charge in [-0.1, -0.05) is 36.4 Å². The lowest BCUT2D eigenvalue weighted by molar-refractivity contribution is 0.281. The number of aromatic nitrogens is 2. The Morgan fingerprint density at radius 1 is 0.745 bits per heavy atom. The molecule has 0 saturated heterocycles. The molecule has 0 spiro atoms. The molecule has 0 fully saturated rings. The summed E-state index contributed by atoms with van der Waals surface area (Å²) in [5, 5.41) is 0. The summed E-state index contributed by atoms with van der Waals surface area (Å²) in [6, 6.07) is 26.8. The number of rotatable bonds is 15. The van der Waals surface area contributed by atoms with Crippen LogP contribution in [0.4, 0.5) is 5.69 Å². The normalized spacial score (nSPS) is 12.5. The number of fused-ring (bicyclic) bond motifs is 2. The van der Waals surface area contributed by atoms with Gasteiger partial charge in [-0.3, -0.25) is 4.99 Å². The van der Waals surface area contributed by atoms with Crippen LogP contribution in [0, 0.1) is 6.92 Å². The van der Waals surface area contributed by atoms with E-state index < -0.39 is 0 Å². The van der Waals surface area contributed by atoms with Gasteiger partial charge in [-0.15, -0.1) is 0 Å². The van der Waals surface area contributed by atoms with E-state index in [2.05, 4.69) is 92.4 Å². The van der Waals surface area contributed by atoms with Crippen LogP contribution in [0.5, 0.6) is 17.2 Å². The van der Waals surface area contributed by atoms with Crippen LogP contribution in [-0.4, -0.2) is 80.0 Å². The Kier molecular flexibility index (Phi) is 10.2. The number of aryl methyl sites for hydroxylation is 1. The van der Waals surface area contributed by atoms with E-state index in [4.69, 9.17) is 24.2 Å². The van der Waals surface area contributed by atoms with Crippen molar-refractivity contribution in [3.63, 3.8) is 0 Å². The van der Waals surface area contributed by atoms with E-state index in [1.54, 1.807) is 0 Å². The van der Waals surface area contributed by atoms with Gasteiger partial charge >= 0.3 is 0 Å². The van der Waals surface area contributed by atoms with Crippen LogP contribution in [0.2, 0.25) is 0 Å². The highest BCUT2D eigenvalue weighted by Gasteiger charge is 2.22. The maximum absolute atomic E-state index is 6.54. The lowest BCUT2D eigenvalue weighted by Crippen LogP contribution is -2.15. The summed E-state index contributed by atoms with van der Waals surface area (Å²) in [5.74, 6) is 3.21. The van der Waals surface area contributed by atoms with Crippen molar-refractivity contribution in [1.29, 1.82) is 0 Å². The Balaban J connectivity index is 1.27. The van der Waals surface area contributed by atoms with Crippen LogP contribution in [0.1, 0.15) is 35.1 Å². The number of imidazole rings is 1.